The summed E-state index contributed by atoms with van der Waals surface area (Å²) in [5.41, 5.74) is -2.11. The van der Waals surface area contributed by atoms with Crippen molar-refractivity contribution in [2.75, 3.05) is 6.61 Å². The Kier molecular flexibility index (Phi) is 5.59. The molecule has 3 aromatic heterocycles. The normalized spacial score (nSPS) is 14.2. The van der Waals surface area contributed by atoms with Crippen LogP contribution in [0.3, 0.4) is 0 Å². The van der Waals surface area contributed by atoms with Crippen molar-refractivity contribution >= 4 is 23.1 Å². The zero-order valence-electron chi connectivity index (χ0n) is 15.6. The van der Waals surface area contributed by atoms with Gasteiger partial charge < -0.3 is 14.2 Å². The molecule has 0 bridgehead atoms. The van der Waals surface area contributed by atoms with Gasteiger partial charge in [0.25, 0.3) is 0 Å². The molecule has 0 radical (unpaired) electrons. The van der Waals surface area contributed by atoms with Gasteiger partial charge in [0.2, 0.25) is 5.60 Å². The molecule has 0 saturated heterocycles. The van der Waals surface area contributed by atoms with E-state index in [2.05, 4.69) is 10.3 Å². The Labute approximate surface area is 168 Å². The topological polar surface area (TPSA) is 81.6 Å². The summed E-state index contributed by atoms with van der Waals surface area (Å²) < 4.78 is 47.3. The first kappa shape index (κ1) is 21.1. The number of aromatic nitrogens is 4. The Hall–Kier alpha value is -2.59. The predicted octanol–water partition coefficient (Wildman–Crippen LogP) is 3.57. The van der Waals surface area contributed by atoms with Gasteiger partial charge in [-0.3, -0.25) is 0 Å². The average molecular weight is 431 g/mol. The number of fused-ring (bicyclic) bond motifs is 1. The molecule has 0 aromatic carbocycles. The Morgan fingerprint density at radius 3 is 2.66 bits per heavy atom. The van der Waals surface area contributed by atoms with Crippen LogP contribution < -0.4 is 0 Å². The molecule has 7 nitrogen and oxygen atoms in total. The lowest BCUT2D eigenvalue weighted by molar-refractivity contribution is -0.269. The fourth-order valence-corrected chi connectivity index (χ4v) is 3.21. The van der Waals surface area contributed by atoms with Gasteiger partial charge >= 0.3 is 12.1 Å². The number of hydrogen-bond acceptors (Lipinski definition) is 5. The van der Waals surface area contributed by atoms with Gasteiger partial charge in [-0.15, -0.1) is 5.10 Å². The largest absolute Gasteiger partial charge is 0.462 e. The van der Waals surface area contributed by atoms with E-state index in [1.165, 1.54) is 11.6 Å². The van der Waals surface area contributed by atoms with Crippen LogP contribution in [-0.2, 0) is 16.9 Å². The zero-order valence-corrected chi connectivity index (χ0v) is 16.3. The molecule has 0 fully saturated rings. The molecule has 1 unspecified atom stereocenters. The molecule has 0 spiro atoms. The van der Waals surface area contributed by atoms with E-state index in [-0.39, 0.29) is 23.9 Å². The minimum atomic E-state index is -4.87. The Balaban J connectivity index is 1.88. The predicted molar refractivity (Wildman–Crippen MR) is 97.7 cm³/mol. The molecule has 3 heterocycles. The van der Waals surface area contributed by atoms with Crippen LogP contribution in [-0.4, -0.2) is 43.3 Å². The summed E-state index contributed by atoms with van der Waals surface area (Å²) in [4.78, 5) is 12.0. The second-order valence-corrected chi connectivity index (χ2v) is 6.77. The van der Waals surface area contributed by atoms with Crippen molar-refractivity contribution in [1.82, 2.24) is 19.4 Å². The van der Waals surface area contributed by atoms with Crippen LogP contribution in [0.25, 0.3) is 5.52 Å². The van der Waals surface area contributed by atoms with E-state index >= 15 is 0 Å². The first-order valence-electron chi connectivity index (χ1n) is 8.77. The third-order valence-corrected chi connectivity index (χ3v) is 4.94. The van der Waals surface area contributed by atoms with E-state index in [9.17, 15) is 23.1 Å². The molecule has 156 valence electrons. The summed E-state index contributed by atoms with van der Waals surface area (Å²) in [6.45, 7) is 3.23. The molecular weight excluding hydrogens is 413 g/mol. The maximum absolute atomic E-state index is 13.2. The molecule has 0 aliphatic rings. The van der Waals surface area contributed by atoms with Gasteiger partial charge in [0, 0.05) is 11.7 Å². The van der Waals surface area contributed by atoms with E-state index in [1.54, 1.807) is 35.7 Å². The van der Waals surface area contributed by atoms with Crippen LogP contribution in [0.15, 0.2) is 30.6 Å². The number of nitrogens with zero attached hydrogens (tertiary/aromatic N) is 4. The van der Waals surface area contributed by atoms with Crippen molar-refractivity contribution in [3.05, 3.63) is 52.6 Å². The lowest BCUT2D eigenvalue weighted by Crippen LogP contribution is -2.42. The van der Waals surface area contributed by atoms with Gasteiger partial charge in [-0.2, -0.15) is 13.2 Å². The van der Waals surface area contributed by atoms with Gasteiger partial charge in [0.15, 0.2) is 0 Å². The molecule has 0 aliphatic heterocycles. The summed E-state index contributed by atoms with van der Waals surface area (Å²) in [6.07, 6.45) is -2.75. The van der Waals surface area contributed by atoms with Crippen molar-refractivity contribution < 1.29 is 27.8 Å². The highest BCUT2D eigenvalue weighted by Crippen LogP contribution is 2.40. The van der Waals surface area contributed by atoms with Crippen LogP contribution in [0.2, 0.25) is 5.15 Å². The fourth-order valence-electron chi connectivity index (χ4n) is 2.92. The number of esters is 1. The summed E-state index contributed by atoms with van der Waals surface area (Å²) in [7, 11) is 0. The maximum Gasteiger partial charge on any atom is 0.423 e. The number of pyridine rings is 1. The van der Waals surface area contributed by atoms with Gasteiger partial charge in [-0.25, -0.2) is 9.48 Å². The van der Waals surface area contributed by atoms with Crippen molar-refractivity contribution in [3.63, 3.8) is 0 Å². The second kappa shape index (κ2) is 7.68. The summed E-state index contributed by atoms with van der Waals surface area (Å²) in [6, 6.07) is 4.97. The van der Waals surface area contributed by atoms with Crippen molar-refractivity contribution in [2.24, 2.45) is 0 Å². The number of carbonyl (C=O) groups is 1. The minimum absolute atomic E-state index is 0.110. The highest BCUT2D eigenvalue weighted by atomic mass is 35.5. The maximum atomic E-state index is 13.2. The third-order valence-electron chi connectivity index (χ3n) is 4.56. The third kappa shape index (κ3) is 3.82. The molecule has 1 atom stereocenters. The number of alkyl halides is 3. The highest BCUT2D eigenvalue weighted by molar-refractivity contribution is 6.33. The fraction of sp³-hybridized carbons (Fsp3) is 0.389. The zero-order chi connectivity index (χ0) is 21.4. The van der Waals surface area contributed by atoms with E-state index in [1.807, 2.05) is 0 Å². The molecule has 3 rings (SSSR count). The smallest absolute Gasteiger partial charge is 0.423 e. The number of hydrogen-bond donors (Lipinski definition) is 1. The lowest BCUT2D eigenvalue weighted by atomic mass is 9.96. The van der Waals surface area contributed by atoms with Crippen molar-refractivity contribution in [2.45, 2.75) is 38.6 Å². The van der Waals surface area contributed by atoms with Crippen molar-refractivity contribution in [3.8, 4) is 0 Å². The summed E-state index contributed by atoms with van der Waals surface area (Å²) in [5.74, 6) is -0.547. The quantitative estimate of drug-likeness (QED) is 0.605. The van der Waals surface area contributed by atoms with Crippen LogP contribution in [0.5, 0.6) is 0 Å². The molecule has 0 amide bonds. The molecular formula is C18H18ClF3N4O3. The number of carbonyl (C=O) groups excluding carboxylic acids is 1. The van der Waals surface area contributed by atoms with Gasteiger partial charge in [0.1, 0.15) is 10.8 Å². The number of halogens is 4. The first-order valence-corrected chi connectivity index (χ1v) is 9.14. The SMILES string of the molecule is CCOC(=O)c1cc2cc(Cn3cc(C(O)(CC)C(F)(F)F)nn3)ccn2c1Cl. The Bertz CT molecular complexity index is 1050. The molecule has 0 saturated carbocycles. The molecule has 3 aromatic rings. The summed E-state index contributed by atoms with van der Waals surface area (Å²) in [5, 5.41) is 17.4. The van der Waals surface area contributed by atoms with Crippen LogP contribution in [0.1, 0.15) is 41.9 Å². The van der Waals surface area contributed by atoms with Crippen LogP contribution in [0.4, 0.5) is 13.2 Å². The number of ether oxygens (including phenoxy) is 1. The number of aliphatic hydroxyl groups is 1. The minimum Gasteiger partial charge on any atom is -0.462 e. The number of rotatable bonds is 6. The summed E-state index contributed by atoms with van der Waals surface area (Å²) >= 11 is 6.21. The van der Waals surface area contributed by atoms with Crippen LogP contribution in [0, 0.1) is 0 Å². The van der Waals surface area contributed by atoms with Crippen LogP contribution >= 0.6 is 11.6 Å². The highest BCUT2D eigenvalue weighted by Gasteiger charge is 2.55. The first-order chi connectivity index (χ1) is 13.6. The van der Waals surface area contributed by atoms with E-state index < -0.39 is 29.9 Å². The molecule has 0 aliphatic carbocycles. The van der Waals surface area contributed by atoms with Gasteiger partial charge in [0.05, 0.1) is 24.9 Å². The Morgan fingerprint density at radius 1 is 1.31 bits per heavy atom. The van der Waals surface area contributed by atoms with E-state index in [4.69, 9.17) is 16.3 Å². The van der Waals surface area contributed by atoms with E-state index in [0.29, 0.717) is 11.1 Å². The van der Waals surface area contributed by atoms with E-state index in [0.717, 1.165) is 6.20 Å². The molecule has 11 heteroatoms. The second-order valence-electron chi connectivity index (χ2n) is 6.41. The molecule has 29 heavy (non-hydrogen) atoms. The standard InChI is InChI=1S/C18H18ClF3N4O3/c1-3-17(28,18(20,21)22)14-10-25(24-23-14)9-11-5-6-26-12(7-11)8-13(15(26)19)16(27)29-4-2/h5-8,10,28H,3-4,9H2,1-2H3. The lowest BCUT2D eigenvalue weighted by Gasteiger charge is -2.26. The average Bonchev–Trinajstić information content (AvgIpc) is 3.25. The molecule has 1 N–H and O–H groups in total. The van der Waals surface area contributed by atoms with Gasteiger partial charge in [-0.1, -0.05) is 23.7 Å². The van der Waals surface area contributed by atoms with Crippen molar-refractivity contribution in [1.29, 1.82) is 0 Å². The Morgan fingerprint density at radius 2 is 2.03 bits per heavy atom. The monoisotopic (exact) mass is 430 g/mol. The van der Waals surface area contributed by atoms with Gasteiger partial charge in [-0.05, 0) is 37.1 Å².